The fourth-order valence-electron chi connectivity index (χ4n) is 2.23. The van der Waals surface area contributed by atoms with Crippen LogP contribution >= 0.6 is 0 Å². The van der Waals surface area contributed by atoms with Gasteiger partial charge in [0.15, 0.2) is 5.78 Å². The summed E-state index contributed by atoms with van der Waals surface area (Å²) in [5.41, 5.74) is 2.16. The van der Waals surface area contributed by atoms with Crippen molar-refractivity contribution in [3.05, 3.63) is 23.3 Å². The Balaban J connectivity index is 2.99. The number of hydrogen-bond donors (Lipinski definition) is 1. The second-order valence-corrected chi connectivity index (χ2v) is 5.12. The lowest BCUT2D eigenvalue weighted by Crippen LogP contribution is -2.34. The molecular weight excluding hydrogens is 200 g/mol. The van der Waals surface area contributed by atoms with Crippen LogP contribution in [0.15, 0.2) is 23.3 Å². The maximum atomic E-state index is 11.3. The molecule has 2 nitrogen and oxygen atoms in total. The zero-order valence-electron chi connectivity index (χ0n) is 10.7. The third kappa shape index (κ3) is 2.62. The summed E-state index contributed by atoms with van der Waals surface area (Å²) in [6, 6.07) is 0. The molecule has 1 unspecified atom stereocenters. The molecule has 0 aromatic heterocycles. The number of carbonyl (C=O) groups is 1. The first-order valence-electron chi connectivity index (χ1n) is 5.98. The SMILES string of the molecule is CCC(=O)/C=C/C1=C(C)CCC(O)C1(C)C. The van der Waals surface area contributed by atoms with Gasteiger partial charge in [-0.2, -0.15) is 0 Å². The molecule has 0 aromatic carbocycles. The van der Waals surface area contributed by atoms with Crippen molar-refractivity contribution >= 4 is 5.78 Å². The number of allylic oxidation sites excluding steroid dienone is 3. The molecule has 0 heterocycles. The van der Waals surface area contributed by atoms with Crippen molar-refractivity contribution in [3.63, 3.8) is 0 Å². The summed E-state index contributed by atoms with van der Waals surface area (Å²) >= 11 is 0. The molecule has 0 bridgehead atoms. The minimum atomic E-state index is -0.312. The summed E-state index contributed by atoms with van der Waals surface area (Å²) in [7, 11) is 0. The fourth-order valence-corrected chi connectivity index (χ4v) is 2.23. The van der Waals surface area contributed by atoms with Gasteiger partial charge in [-0.3, -0.25) is 4.79 Å². The predicted molar refractivity (Wildman–Crippen MR) is 66.2 cm³/mol. The minimum Gasteiger partial charge on any atom is -0.392 e. The Labute approximate surface area is 98.1 Å². The van der Waals surface area contributed by atoms with Crippen molar-refractivity contribution in [1.82, 2.24) is 0 Å². The zero-order chi connectivity index (χ0) is 12.3. The summed E-state index contributed by atoms with van der Waals surface area (Å²) in [5, 5.41) is 9.99. The number of rotatable bonds is 3. The van der Waals surface area contributed by atoms with Crippen molar-refractivity contribution in [2.75, 3.05) is 0 Å². The van der Waals surface area contributed by atoms with Crippen LogP contribution in [0, 0.1) is 5.41 Å². The van der Waals surface area contributed by atoms with Gasteiger partial charge in [-0.1, -0.05) is 32.4 Å². The maximum absolute atomic E-state index is 11.3. The van der Waals surface area contributed by atoms with Crippen LogP contribution in [0.4, 0.5) is 0 Å². The first kappa shape index (κ1) is 13.2. The van der Waals surface area contributed by atoms with E-state index >= 15 is 0 Å². The average molecular weight is 222 g/mol. The largest absolute Gasteiger partial charge is 0.392 e. The van der Waals surface area contributed by atoms with E-state index in [4.69, 9.17) is 0 Å². The summed E-state index contributed by atoms with van der Waals surface area (Å²) in [5.74, 6) is 0.135. The van der Waals surface area contributed by atoms with Crippen molar-refractivity contribution in [2.45, 2.75) is 53.1 Å². The smallest absolute Gasteiger partial charge is 0.155 e. The third-order valence-electron chi connectivity index (χ3n) is 3.56. The van der Waals surface area contributed by atoms with Crippen LogP contribution in [0.5, 0.6) is 0 Å². The Morgan fingerprint density at radius 3 is 2.75 bits per heavy atom. The summed E-state index contributed by atoms with van der Waals surface area (Å²) in [6.07, 6.45) is 5.49. The van der Waals surface area contributed by atoms with E-state index < -0.39 is 0 Å². The molecule has 1 aliphatic carbocycles. The molecule has 0 saturated carbocycles. The van der Waals surface area contributed by atoms with E-state index in [0.717, 1.165) is 18.4 Å². The highest BCUT2D eigenvalue weighted by atomic mass is 16.3. The molecule has 0 amide bonds. The zero-order valence-corrected chi connectivity index (χ0v) is 10.7. The van der Waals surface area contributed by atoms with Crippen molar-refractivity contribution in [2.24, 2.45) is 5.41 Å². The maximum Gasteiger partial charge on any atom is 0.155 e. The topological polar surface area (TPSA) is 37.3 Å². The molecule has 90 valence electrons. The summed E-state index contributed by atoms with van der Waals surface area (Å²) in [6.45, 7) is 8.02. The van der Waals surface area contributed by atoms with Gasteiger partial charge >= 0.3 is 0 Å². The van der Waals surface area contributed by atoms with E-state index in [1.165, 1.54) is 5.57 Å². The van der Waals surface area contributed by atoms with Crippen molar-refractivity contribution in [1.29, 1.82) is 0 Å². The molecule has 1 rings (SSSR count). The monoisotopic (exact) mass is 222 g/mol. The first-order valence-corrected chi connectivity index (χ1v) is 5.98. The van der Waals surface area contributed by atoms with Gasteiger partial charge in [-0.05, 0) is 31.4 Å². The van der Waals surface area contributed by atoms with Crippen LogP contribution in [0.2, 0.25) is 0 Å². The fraction of sp³-hybridized carbons (Fsp3) is 0.643. The van der Waals surface area contributed by atoms with Gasteiger partial charge in [0, 0.05) is 11.8 Å². The quantitative estimate of drug-likeness (QED) is 0.745. The average Bonchev–Trinajstić information content (AvgIpc) is 2.23. The minimum absolute atomic E-state index is 0.135. The number of carbonyl (C=O) groups excluding carboxylic acids is 1. The van der Waals surface area contributed by atoms with E-state index in [0.29, 0.717) is 6.42 Å². The second-order valence-electron chi connectivity index (χ2n) is 5.12. The molecule has 1 N–H and O–H groups in total. The molecule has 0 aromatic rings. The van der Waals surface area contributed by atoms with Crippen LogP contribution < -0.4 is 0 Å². The van der Waals surface area contributed by atoms with Crippen molar-refractivity contribution in [3.8, 4) is 0 Å². The highest BCUT2D eigenvalue weighted by Crippen LogP contribution is 2.40. The molecule has 1 aliphatic rings. The van der Waals surface area contributed by atoms with Gasteiger partial charge in [-0.15, -0.1) is 0 Å². The van der Waals surface area contributed by atoms with Gasteiger partial charge in [0.25, 0.3) is 0 Å². The van der Waals surface area contributed by atoms with Gasteiger partial charge in [0.1, 0.15) is 0 Å². The molecule has 0 radical (unpaired) electrons. The lowest BCUT2D eigenvalue weighted by molar-refractivity contribution is -0.114. The number of hydrogen-bond acceptors (Lipinski definition) is 2. The Morgan fingerprint density at radius 1 is 1.56 bits per heavy atom. The Kier molecular flexibility index (Phi) is 4.09. The normalized spacial score (nSPS) is 25.2. The van der Waals surface area contributed by atoms with E-state index in [1.54, 1.807) is 6.08 Å². The van der Waals surface area contributed by atoms with E-state index in [2.05, 4.69) is 6.92 Å². The van der Waals surface area contributed by atoms with Crippen LogP contribution in [0.25, 0.3) is 0 Å². The van der Waals surface area contributed by atoms with Crippen LogP contribution in [0.3, 0.4) is 0 Å². The van der Waals surface area contributed by atoms with E-state index in [1.807, 2.05) is 26.8 Å². The van der Waals surface area contributed by atoms with Crippen LogP contribution in [0.1, 0.15) is 47.0 Å². The van der Waals surface area contributed by atoms with Gasteiger partial charge in [0.05, 0.1) is 6.10 Å². The molecule has 0 aliphatic heterocycles. The lowest BCUT2D eigenvalue weighted by atomic mass is 9.70. The number of aliphatic hydroxyl groups excluding tert-OH is 1. The van der Waals surface area contributed by atoms with Gasteiger partial charge in [0.2, 0.25) is 0 Å². The summed E-state index contributed by atoms with van der Waals surface area (Å²) < 4.78 is 0. The predicted octanol–water partition coefficient (Wildman–Crippen LogP) is 3.02. The van der Waals surface area contributed by atoms with Crippen molar-refractivity contribution < 1.29 is 9.90 Å². The lowest BCUT2D eigenvalue weighted by Gasteiger charge is -2.37. The molecule has 0 spiro atoms. The number of ketones is 1. The van der Waals surface area contributed by atoms with Crippen LogP contribution in [-0.2, 0) is 4.79 Å². The highest BCUT2D eigenvalue weighted by molar-refractivity contribution is 5.89. The third-order valence-corrected chi connectivity index (χ3v) is 3.56. The van der Waals surface area contributed by atoms with Gasteiger partial charge in [-0.25, -0.2) is 0 Å². The molecule has 0 fully saturated rings. The Hall–Kier alpha value is -0.890. The Morgan fingerprint density at radius 2 is 2.19 bits per heavy atom. The Bertz CT molecular complexity index is 335. The molecule has 2 heteroatoms. The van der Waals surface area contributed by atoms with Crippen LogP contribution in [-0.4, -0.2) is 17.0 Å². The van der Waals surface area contributed by atoms with Gasteiger partial charge < -0.3 is 5.11 Å². The highest BCUT2D eigenvalue weighted by Gasteiger charge is 2.34. The number of aliphatic hydroxyl groups is 1. The summed E-state index contributed by atoms with van der Waals surface area (Å²) in [4.78, 5) is 11.3. The molecule has 16 heavy (non-hydrogen) atoms. The molecular formula is C14H22O2. The van der Waals surface area contributed by atoms with E-state index in [-0.39, 0.29) is 17.3 Å². The van der Waals surface area contributed by atoms with E-state index in [9.17, 15) is 9.90 Å². The molecule has 0 saturated heterocycles. The second kappa shape index (κ2) is 4.96. The first-order chi connectivity index (χ1) is 7.39. The molecule has 1 atom stereocenters. The standard InChI is InChI=1S/C14H22O2/c1-5-11(15)7-8-12-10(2)6-9-13(16)14(12,3)4/h7-8,13,16H,5-6,9H2,1-4H3/b8-7+.